The first kappa shape index (κ1) is 7.32. The van der Waals surface area contributed by atoms with Gasteiger partial charge in [-0.1, -0.05) is 36.5 Å². The summed E-state index contributed by atoms with van der Waals surface area (Å²) in [4.78, 5) is 0. The van der Waals surface area contributed by atoms with Crippen LogP contribution in [0.2, 0.25) is 0 Å². The van der Waals surface area contributed by atoms with Crippen LogP contribution in [0.5, 0.6) is 0 Å². The van der Waals surface area contributed by atoms with Gasteiger partial charge >= 0.3 is 0 Å². The van der Waals surface area contributed by atoms with Gasteiger partial charge in [0.05, 0.1) is 0 Å². The van der Waals surface area contributed by atoms with Gasteiger partial charge < -0.3 is 0 Å². The highest BCUT2D eigenvalue weighted by atomic mass is 35.5. The highest BCUT2D eigenvalue weighted by Crippen LogP contribution is 2.06. The van der Waals surface area contributed by atoms with E-state index in [1.807, 2.05) is 6.92 Å². The minimum atomic E-state index is 0.252. The minimum absolute atomic E-state index is 0.252. The molecule has 0 aliphatic rings. The fourth-order valence-corrected chi connectivity index (χ4v) is 0.408. The first-order chi connectivity index (χ1) is 3.27. The normalized spacial score (nSPS) is 8.43. The average molecular weight is 138 g/mol. The lowest BCUT2D eigenvalue weighted by molar-refractivity contribution is 0.940. The molecule has 0 spiro atoms. The monoisotopic (exact) mass is 137 g/mol. The van der Waals surface area contributed by atoms with Gasteiger partial charge in [0.25, 0.3) is 0 Å². The van der Waals surface area contributed by atoms with Crippen molar-refractivity contribution in [1.82, 2.24) is 0 Å². The lowest BCUT2D eigenvalue weighted by Crippen LogP contribution is -1.60. The van der Waals surface area contributed by atoms with E-state index >= 15 is 0 Å². The summed E-state index contributed by atoms with van der Waals surface area (Å²) in [5.41, 5.74) is 0. The first-order valence-electron chi connectivity index (χ1n) is 2.19. The van der Waals surface area contributed by atoms with Gasteiger partial charge in [-0.3, -0.25) is 0 Å². The fraction of sp³-hybridized carbons (Fsp3) is 0.600. The third-order valence-corrected chi connectivity index (χ3v) is 0.776. The Bertz CT molecular complexity index is 62.5. The molecule has 0 unspecified atom stereocenters. The van der Waals surface area contributed by atoms with Crippen molar-refractivity contribution in [2.45, 2.75) is 19.8 Å². The van der Waals surface area contributed by atoms with Crippen molar-refractivity contribution in [3.05, 3.63) is 10.6 Å². The predicted octanol–water partition coefficient (Wildman–Crippen LogP) is 2.91. The molecule has 0 aliphatic carbocycles. The average Bonchev–Trinajstić information content (AvgIpc) is 1.61. The SMILES string of the molecule is CCC[C]=C(Cl)Cl. The van der Waals surface area contributed by atoms with E-state index in [2.05, 4.69) is 6.08 Å². The molecule has 0 aromatic rings. The molecular weight excluding hydrogens is 131 g/mol. The molecule has 0 amide bonds. The van der Waals surface area contributed by atoms with Crippen LogP contribution in [-0.2, 0) is 0 Å². The number of allylic oxidation sites excluding steroid dienone is 1. The third-order valence-electron chi connectivity index (χ3n) is 0.509. The van der Waals surface area contributed by atoms with E-state index in [4.69, 9.17) is 23.2 Å². The summed E-state index contributed by atoms with van der Waals surface area (Å²) < 4.78 is 0.252. The number of rotatable bonds is 2. The van der Waals surface area contributed by atoms with E-state index in [9.17, 15) is 0 Å². The van der Waals surface area contributed by atoms with Gasteiger partial charge in [0, 0.05) is 0 Å². The van der Waals surface area contributed by atoms with Crippen LogP contribution >= 0.6 is 23.2 Å². The van der Waals surface area contributed by atoms with E-state index in [1.165, 1.54) is 0 Å². The molecule has 1 radical (unpaired) electrons. The van der Waals surface area contributed by atoms with Crippen LogP contribution in [0.1, 0.15) is 19.8 Å². The fourth-order valence-electron chi connectivity index (χ4n) is 0.219. The topological polar surface area (TPSA) is 0 Å². The summed E-state index contributed by atoms with van der Waals surface area (Å²) in [7, 11) is 0. The van der Waals surface area contributed by atoms with Crippen LogP contribution in [0.15, 0.2) is 4.49 Å². The zero-order valence-electron chi connectivity index (χ0n) is 4.17. The number of unbranched alkanes of at least 4 members (excludes halogenated alkanes) is 1. The van der Waals surface area contributed by atoms with Crippen molar-refractivity contribution in [1.29, 1.82) is 0 Å². The summed E-state index contributed by atoms with van der Waals surface area (Å²) in [5.74, 6) is 0. The van der Waals surface area contributed by atoms with Gasteiger partial charge in [0.15, 0.2) is 0 Å². The maximum absolute atomic E-state index is 5.23. The molecule has 2 heteroatoms. The number of halogens is 2. The summed E-state index contributed by atoms with van der Waals surface area (Å²) in [6.45, 7) is 2.05. The lowest BCUT2D eigenvalue weighted by atomic mass is 10.3. The van der Waals surface area contributed by atoms with Gasteiger partial charge in [-0.25, -0.2) is 0 Å². The molecule has 0 atom stereocenters. The largest absolute Gasteiger partial charge is 0.110 e. The van der Waals surface area contributed by atoms with Gasteiger partial charge in [0.1, 0.15) is 4.49 Å². The zero-order chi connectivity index (χ0) is 5.70. The van der Waals surface area contributed by atoms with Gasteiger partial charge in [-0.15, -0.1) is 0 Å². The van der Waals surface area contributed by atoms with Crippen LogP contribution in [0, 0.1) is 6.08 Å². The second-order valence-corrected chi connectivity index (χ2v) is 2.14. The summed E-state index contributed by atoms with van der Waals surface area (Å²) in [5, 5.41) is 0. The maximum atomic E-state index is 5.23. The molecule has 0 bridgehead atoms. The van der Waals surface area contributed by atoms with Crippen LogP contribution in [-0.4, -0.2) is 0 Å². The van der Waals surface area contributed by atoms with Crippen LogP contribution < -0.4 is 0 Å². The smallest absolute Gasteiger partial charge is 0.0706 e. The standard InChI is InChI=1S/C5H7Cl2/c1-2-3-4-5(6)7/h2-3H2,1H3. The Morgan fingerprint density at radius 3 is 2.29 bits per heavy atom. The zero-order valence-corrected chi connectivity index (χ0v) is 5.68. The molecule has 0 fully saturated rings. The molecule has 0 saturated carbocycles. The van der Waals surface area contributed by atoms with Crippen molar-refractivity contribution in [3.63, 3.8) is 0 Å². The second-order valence-electron chi connectivity index (χ2n) is 1.19. The summed E-state index contributed by atoms with van der Waals surface area (Å²) in [6, 6.07) is 0. The molecule has 0 nitrogen and oxygen atoms in total. The molecule has 0 aliphatic heterocycles. The van der Waals surface area contributed by atoms with Gasteiger partial charge in [-0.2, -0.15) is 0 Å². The molecule has 0 aromatic carbocycles. The quantitative estimate of drug-likeness (QED) is 0.550. The van der Waals surface area contributed by atoms with E-state index in [-0.39, 0.29) is 4.49 Å². The Hall–Kier alpha value is 0.320. The van der Waals surface area contributed by atoms with Crippen molar-refractivity contribution < 1.29 is 0 Å². The highest BCUT2D eigenvalue weighted by Gasteiger charge is 1.79. The van der Waals surface area contributed by atoms with Crippen molar-refractivity contribution >= 4 is 23.2 Å². The molecule has 0 saturated heterocycles. The molecule has 0 aromatic heterocycles. The Kier molecular flexibility index (Phi) is 4.68. The Labute approximate surface area is 54.1 Å². The molecule has 0 heterocycles. The van der Waals surface area contributed by atoms with E-state index in [0.29, 0.717) is 0 Å². The Balaban J connectivity index is 3.08. The predicted molar refractivity (Wildman–Crippen MR) is 33.4 cm³/mol. The lowest BCUT2D eigenvalue weighted by Gasteiger charge is -1.79. The third kappa shape index (κ3) is 6.32. The van der Waals surface area contributed by atoms with Gasteiger partial charge in [-0.05, 0) is 12.5 Å². The number of hydrogen-bond acceptors (Lipinski definition) is 0. The Morgan fingerprint density at radius 1 is 1.57 bits per heavy atom. The molecule has 0 rings (SSSR count). The summed E-state index contributed by atoms with van der Waals surface area (Å²) >= 11 is 10.5. The van der Waals surface area contributed by atoms with E-state index in [1.54, 1.807) is 0 Å². The van der Waals surface area contributed by atoms with Crippen LogP contribution in [0.4, 0.5) is 0 Å². The van der Waals surface area contributed by atoms with Crippen molar-refractivity contribution in [2.75, 3.05) is 0 Å². The number of hydrogen-bond donors (Lipinski definition) is 0. The van der Waals surface area contributed by atoms with Gasteiger partial charge in [0.2, 0.25) is 0 Å². The van der Waals surface area contributed by atoms with E-state index < -0.39 is 0 Å². The van der Waals surface area contributed by atoms with Crippen LogP contribution in [0.3, 0.4) is 0 Å². The van der Waals surface area contributed by atoms with Crippen molar-refractivity contribution in [3.8, 4) is 0 Å². The van der Waals surface area contributed by atoms with Crippen molar-refractivity contribution in [2.24, 2.45) is 0 Å². The van der Waals surface area contributed by atoms with Crippen LogP contribution in [0.25, 0.3) is 0 Å². The highest BCUT2D eigenvalue weighted by molar-refractivity contribution is 6.55. The molecule has 7 heavy (non-hydrogen) atoms. The molecule has 41 valence electrons. The molecular formula is C5H7Cl2. The minimum Gasteiger partial charge on any atom is -0.0706 e. The first-order valence-corrected chi connectivity index (χ1v) is 2.94. The molecule has 0 N–H and O–H groups in total. The Morgan fingerprint density at radius 2 is 2.14 bits per heavy atom. The second kappa shape index (κ2) is 4.48. The summed E-state index contributed by atoms with van der Waals surface area (Å²) in [6.07, 6.45) is 4.64. The van der Waals surface area contributed by atoms with E-state index in [0.717, 1.165) is 12.8 Å². The maximum Gasteiger partial charge on any atom is 0.110 e.